The highest BCUT2D eigenvalue weighted by Crippen LogP contribution is 2.46. The molecule has 4 heterocycles. The molecule has 7 atom stereocenters. The van der Waals surface area contributed by atoms with Crippen LogP contribution in [0.5, 0.6) is 0 Å². The van der Waals surface area contributed by atoms with Crippen molar-refractivity contribution in [3.8, 4) is 0 Å². The molecule has 2 fully saturated rings. The minimum atomic E-state index is -4.19. The summed E-state index contributed by atoms with van der Waals surface area (Å²) in [6.45, 7) is 12.9. The van der Waals surface area contributed by atoms with Gasteiger partial charge in [-0.3, -0.25) is 28.7 Å². The molecular weight excluding hydrogens is 741 g/mol. The average molecular weight is 804 g/mol. The van der Waals surface area contributed by atoms with E-state index in [0.29, 0.717) is 0 Å². The summed E-state index contributed by atoms with van der Waals surface area (Å²) >= 11 is 4.97. The Morgan fingerprint density at radius 3 is 1.67 bits per heavy atom. The largest absolute Gasteiger partial charge is 0.780 e. The zero-order valence-corrected chi connectivity index (χ0v) is 34.4. The van der Waals surface area contributed by atoms with Gasteiger partial charge in [-0.15, -0.1) is 0 Å². The number of aliphatic hydroxyl groups is 2. The average Bonchev–Trinajstić information content (AvgIpc) is 3.71. The fourth-order valence-electron chi connectivity index (χ4n) is 6.79. The summed E-state index contributed by atoms with van der Waals surface area (Å²) in [7, 11) is 0. The number of aromatic amines is 2. The predicted molar refractivity (Wildman–Crippen MR) is 207 cm³/mol. The van der Waals surface area contributed by atoms with E-state index in [1.54, 1.807) is 0 Å². The summed E-state index contributed by atoms with van der Waals surface area (Å²) in [4.78, 5) is 64.7. The minimum Gasteiger partial charge on any atom is -0.780 e. The van der Waals surface area contributed by atoms with Crippen LogP contribution in [0.4, 0.5) is 0 Å². The molecule has 0 radical (unpaired) electrons. The zero-order chi connectivity index (χ0) is 40.1. The number of ether oxygens (including phenoxy) is 2. The molecule has 0 saturated carbocycles. The molecule has 18 heteroatoms. The fraction of sp³-hybridized carbons (Fsp3) is 0.778. The summed E-state index contributed by atoms with van der Waals surface area (Å²) in [5.74, 6) is 0. The summed E-state index contributed by atoms with van der Waals surface area (Å²) in [6.07, 6.45) is 7.71. The normalized spacial score (nSPS) is 23.9. The number of hydrogen-bond donors (Lipinski definition) is 4. The van der Waals surface area contributed by atoms with Crippen LogP contribution in [0.3, 0.4) is 0 Å². The minimum absolute atomic E-state index is 0.0000715. The van der Waals surface area contributed by atoms with Crippen molar-refractivity contribution in [2.75, 3.05) is 39.4 Å². The molecule has 0 aromatic carbocycles. The monoisotopic (exact) mass is 803 g/mol. The highest BCUT2D eigenvalue weighted by molar-refractivity contribution is 8.06. The Hall–Kier alpha value is -2.31. The third-order valence-electron chi connectivity index (χ3n) is 10.1. The number of aliphatic hydroxyl groups excluding tert-OH is 2. The number of H-pyrrole nitrogens is 2. The second-order valence-electron chi connectivity index (χ2n) is 14.5. The van der Waals surface area contributed by atoms with Crippen molar-refractivity contribution in [2.24, 2.45) is 0 Å². The third kappa shape index (κ3) is 13.1. The van der Waals surface area contributed by atoms with E-state index >= 15 is 0 Å². The van der Waals surface area contributed by atoms with Crippen LogP contribution in [0.15, 0.2) is 31.6 Å². The van der Waals surface area contributed by atoms with Crippen LogP contribution in [0.1, 0.15) is 115 Å². The predicted octanol–water partition coefficient (Wildman–Crippen LogP) is 2.62. The highest BCUT2D eigenvalue weighted by Gasteiger charge is 2.40. The van der Waals surface area contributed by atoms with Crippen molar-refractivity contribution in [3.05, 3.63) is 65.2 Å². The quantitative estimate of drug-likeness (QED) is 0.113. The Bertz CT molecular complexity index is 1710. The number of aryl methyl sites for hydroxylation is 2. The lowest BCUT2D eigenvalue weighted by molar-refractivity contribution is -0.929. The molecule has 2 aromatic heterocycles. The summed E-state index contributed by atoms with van der Waals surface area (Å²) in [6, 6.07) is 0. The molecule has 0 spiro atoms. The van der Waals surface area contributed by atoms with Gasteiger partial charge in [0.05, 0.1) is 51.6 Å². The van der Waals surface area contributed by atoms with Gasteiger partial charge in [0.15, 0.2) is 0 Å². The number of nitrogens with zero attached hydrogens (tertiary/aromatic N) is 3. The standard InChI is InChI=1S/C20H27N4O11PS.C16H36N/c1-9-5-23(19(29)21-17(9)27)15-3-11(26)14(34-15)8-32-36(31,37)35-12-4-16(33-13(12)7-25)24-6-10(2)18(28)22-20(24)30;1-5-9-13-17(14-10-6-2,15-11-7-3)16-12-8-4/h5-6,11-16,25-26H,3-4,7-8H2,1-2H3,(H,31,37)(H,21,27,29)(H,22,28,30);5-16H2,1-4H3/q;+1/p-1/t11-,12-,13+,14+,15+,16+,36?;/m0./s1. The maximum Gasteiger partial charge on any atom is 0.330 e. The molecule has 0 amide bonds. The Balaban J connectivity index is 0.000000390. The molecule has 0 aliphatic carbocycles. The molecule has 54 heavy (non-hydrogen) atoms. The van der Waals surface area contributed by atoms with E-state index in [1.807, 2.05) is 0 Å². The van der Waals surface area contributed by atoms with Crippen LogP contribution in [0.25, 0.3) is 0 Å². The van der Waals surface area contributed by atoms with Crippen LogP contribution in [0.2, 0.25) is 0 Å². The zero-order valence-electron chi connectivity index (χ0n) is 32.7. The number of rotatable bonds is 20. The van der Waals surface area contributed by atoms with Crippen molar-refractivity contribution in [3.63, 3.8) is 0 Å². The van der Waals surface area contributed by atoms with Crippen LogP contribution in [0, 0.1) is 13.8 Å². The van der Waals surface area contributed by atoms with Crippen molar-refractivity contribution in [2.45, 2.75) is 143 Å². The summed E-state index contributed by atoms with van der Waals surface area (Å²) < 4.78 is 25.7. The molecule has 4 N–H and O–H groups in total. The number of nitrogens with one attached hydrogen (secondary N) is 2. The highest BCUT2D eigenvalue weighted by atomic mass is 32.5. The van der Waals surface area contributed by atoms with E-state index in [0.717, 1.165) is 9.13 Å². The molecule has 2 saturated heterocycles. The fourth-order valence-corrected chi connectivity index (χ4v) is 8.25. The van der Waals surface area contributed by atoms with Gasteiger partial charge >= 0.3 is 11.4 Å². The van der Waals surface area contributed by atoms with Crippen LogP contribution in [-0.2, 0) is 30.3 Å². The van der Waals surface area contributed by atoms with Gasteiger partial charge in [-0.05, 0) is 39.5 Å². The Kier molecular flexibility index (Phi) is 18.6. The Morgan fingerprint density at radius 1 is 0.815 bits per heavy atom. The van der Waals surface area contributed by atoms with Gasteiger partial charge in [0.1, 0.15) is 31.4 Å². The van der Waals surface area contributed by atoms with Gasteiger partial charge in [-0.2, -0.15) is 0 Å². The second kappa shape index (κ2) is 21.8. The molecule has 2 aliphatic heterocycles. The maximum absolute atomic E-state index is 12.9. The molecule has 4 rings (SSSR count). The molecule has 16 nitrogen and oxygen atoms in total. The first-order valence-corrected chi connectivity index (χ1v) is 21.9. The van der Waals surface area contributed by atoms with Crippen LogP contribution < -0.4 is 27.4 Å². The topological polar surface area (TPSA) is 210 Å². The van der Waals surface area contributed by atoms with Gasteiger partial charge in [0, 0.05) is 36.4 Å². The first-order valence-electron chi connectivity index (χ1n) is 19.4. The smallest absolute Gasteiger partial charge is 0.330 e. The Morgan fingerprint density at radius 2 is 1.24 bits per heavy atom. The van der Waals surface area contributed by atoms with E-state index in [9.17, 15) is 34.3 Å². The lowest BCUT2D eigenvalue weighted by Crippen LogP contribution is -2.50. The van der Waals surface area contributed by atoms with Crippen molar-refractivity contribution in [1.29, 1.82) is 0 Å². The molecule has 1 unspecified atom stereocenters. The second-order valence-corrected chi connectivity index (χ2v) is 17.2. The molecule has 308 valence electrons. The van der Waals surface area contributed by atoms with Crippen LogP contribution in [-0.4, -0.2) is 97.6 Å². The number of aromatic nitrogens is 4. The number of hydrogen-bond acceptors (Lipinski definition) is 12. The van der Waals surface area contributed by atoms with Crippen molar-refractivity contribution < 1.29 is 38.1 Å². The SMILES string of the molecule is CCCC[N+](CCCC)(CCCC)CCCC.Cc1cn([C@H]2C[C@H](OP([O-])(=S)OC[C@H]3O[C@@H](n4cc(C)c(=O)[nH]c4=O)C[C@@H]3O)[C@@H](CO)O2)c(=O)[nH]c1=O. The maximum atomic E-state index is 12.9. The van der Waals surface area contributed by atoms with Gasteiger partial charge in [0.2, 0.25) is 0 Å². The van der Waals surface area contributed by atoms with E-state index in [2.05, 4.69) is 37.7 Å². The van der Waals surface area contributed by atoms with Gasteiger partial charge in [0.25, 0.3) is 11.1 Å². The van der Waals surface area contributed by atoms with Crippen LogP contribution >= 0.6 is 6.72 Å². The number of quaternary nitrogens is 1. The Labute approximate surface area is 322 Å². The van der Waals surface area contributed by atoms with Gasteiger partial charge in [-0.25, -0.2) is 9.59 Å². The van der Waals surface area contributed by atoms with Crippen molar-refractivity contribution >= 4 is 18.5 Å². The lowest BCUT2D eigenvalue weighted by Gasteiger charge is -2.39. The van der Waals surface area contributed by atoms with Gasteiger partial charge in [-0.1, -0.05) is 65.2 Å². The first kappa shape index (κ1) is 46.1. The molecule has 0 bridgehead atoms. The van der Waals surface area contributed by atoms with E-state index < -0.39 is 79.3 Å². The molecular formula is C36H62N5O11PS. The third-order valence-corrected chi connectivity index (χ3v) is 11.7. The van der Waals surface area contributed by atoms with E-state index in [4.69, 9.17) is 30.3 Å². The summed E-state index contributed by atoms with van der Waals surface area (Å²) in [5.41, 5.74) is -1.99. The number of unbranched alkanes of at least 4 members (excludes halogenated alkanes) is 4. The van der Waals surface area contributed by atoms with E-state index in [-0.39, 0.29) is 24.0 Å². The van der Waals surface area contributed by atoms with E-state index in [1.165, 1.54) is 108 Å². The molecule has 2 aliphatic rings. The first-order chi connectivity index (χ1) is 25.6. The summed E-state index contributed by atoms with van der Waals surface area (Å²) in [5, 5.41) is 20.0. The van der Waals surface area contributed by atoms with Gasteiger partial charge < -0.3 is 38.1 Å². The lowest BCUT2D eigenvalue weighted by atomic mass is 10.1. The van der Waals surface area contributed by atoms with Crippen molar-refractivity contribution in [1.82, 2.24) is 19.1 Å². The molecule has 2 aromatic rings.